The van der Waals surface area contributed by atoms with E-state index in [1.165, 1.54) is 0 Å². The number of hydrogen-bond donors (Lipinski definition) is 1. The van der Waals surface area contributed by atoms with Crippen molar-refractivity contribution in [3.8, 4) is 0 Å². The third-order valence-electron chi connectivity index (χ3n) is 2.47. The zero-order chi connectivity index (χ0) is 10.5. The molecular weight excluding hydrogens is 162 g/mol. The maximum Gasteiger partial charge on any atom is 0.0777 e. The summed E-state index contributed by atoms with van der Waals surface area (Å²) in [4.78, 5) is 0. The molecule has 0 rings (SSSR count). The fourth-order valence-corrected chi connectivity index (χ4v) is 1.47. The highest BCUT2D eigenvalue weighted by Crippen LogP contribution is 2.19. The van der Waals surface area contributed by atoms with Gasteiger partial charge in [-0.05, 0) is 32.6 Å². The summed E-state index contributed by atoms with van der Waals surface area (Å²) in [5.41, 5.74) is 5.54. The molecule has 13 heavy (non-hydrogen) atoms. The summed E-state index contributed by atoms with van der Waals surface area (Å²) >= 11 is 0. The van der Waals surface area contributed by atoms with Gasteiger partial charge in [0, 0.05) is 6.54 Å². The molecular formula is C11H25NO. The smallest absolute Gasteiger partial charge is 0.0777 e. The van der Waals surface area contributed by atoms with Crippen LogP contribution in [0.4, 0.5) is 0 Å². The van der Waals surface area contributed by atoms with Gasteiger partial charge < -0.3 is 10.5 Å². The van der Waals surface area contributed by atoms with E-state index >= 15 is 0 Å². The van der Waals surface area contributed by atoms with Gasteiger partial charge in [0.05, 0.1) is 11.7 Å². The molecule has 0 fully saturated rings. The zero-order valence-corrected chi connectivity index (χ0v) is 9.76. The second-order valence-electron chi connectivity index (χ2n) is 4.57. The highest BCUT2D eigenvalue weighted by molar-refractivity contribution is 4.75. The van der Waals surface area contributed by atoms with Crippen molar-refractivity contribution in [2.75, 3.05) is 6.54 Å². The molecule has 0 aliphatic rings. The molecule has 0 heterocycles. The Kier molecular flexibility index (Phi) is 5.57. The van der Waals surface area contributed by atoms with Crippen molar-refractivity contribution < 1.29 is 4.74 Å². The Hall–Kier alpha value is -0.0800. The van der Waals surface area contributed by atoms with Crippen LogP contribution < -0.4 is 5.73 Å². The molecule has 2 nitrogen and oxygen atoms in total. The lowest BCUT2D eigenvalue weighted by molar-refractivity contribution is -0.0778. The van der Waals surface area contributed by atoms with Crippen LogP contribution in [0.15, 0.2) is 0 Å². The second-order valence-corrected chi connectivity index (χ2v) is 4.57. The molecule has 0 amide bonds. The molecule has 0 aromatic rings. The normalized spacial score (nSPS) is 18.7. The monoisotopic (exact) mass is 187 g/mol. The fourth-order valence-electron chi connectivity index (χ4n) is 1.47. The Morgan fingerprint density at radius 3 is 2.15 bits per heavy atom. The van der Waals surface area contributed by atoms with Crippen molar-refractivity contribution in [1.82, 2.24) is 0 Å². The van der Waals surface area contributed by atoms with Crippen LogP contribution in [0.2, 0.25) is 0 Å². The number of rotatable bonds is 6. The molecule has 0 aliphatic carbocycles. The molecule has 0 aromatic heterocycles. The molecule has 0 aliphatic heterocycles. The fraction of sp³-hybridized carbons (Fsp3) is 1.00. The van der Waals surface area contributed by atoms with Crippen LogP contribution >= 0.6 is 0 Å². The third kappa shape index (κ3) is 5.27. The number of ether oxygens (including phenoxy) is 1. The van der Waals surface area contributed by atoms with Gasteiger partial charge in [-0.15, -0.1) is 0 Å². The predicted octanol–water partition coefficient (Wildman–Crippen LogP) is 2.57. The Bertz CT molecular complexity index is 130. The first-order chi connectivity index (χ1) is 5.93. The lowest BCUT2D eigenvalue weighted by Crippen LogP contribution is -2.39. The van der Waals surface area contributed by atoms with Crippen LogP contribution in [-0.4, -0.2) is 18.2 Å². The van der Waals surface area contributed by atoms with Gasteiger partial charge >= 0.3 is 0 Å². The van der Waals surface area contributed by atoms with Crippen molar-refractivity contribution in [3.63, 3.8) is 0 Å². The van der Waals surface area contributed by atoms with Crippen molar-refractivity contribution >= 4 is 0 Å². The molecule has 0 spiro atoms. The van der Waals surface area contributed by atoms with E-state index in [0.717, 1.165) is 12.8 Å². The Morgan fingerprint density at radius 2 is 1.85 bits per heavy atom. The minimum absolute atomic E-state index is 0.131. The van der Waals surface area contributed by atoms with Crippen LogP contribution in [0.1, 0.15) is 47.5 Å². The lowest BCUT2D eigenvalue weighted by atomic mass is 10.0. The van der Waals surface area contributed by atoms with Crippen LogP contribution in [0.3, 0.4) is 0 Å². The average molecular weight is 187 g/mol. The largest absolute Gasteiger partial charge is 0.371 e. The molecule has 0 saturated carbocycles. The first kappa shape index (κ1) is 12.9. The van der Waals surface area contributed by atoms with Crippen molar-refractivity contribution in [2.45, 2.75) is 59.2 Å². The molecule has 2 N–H and O–H groups in total. The van der Waals surface area contributed by atoms with E-state index in [1.54, 1.807) is 0 Å². The Balaban J connectivity index is 3.94. The van der Waals surface area contributed by atoms with Crippen LogP contribution in [0, 0.1) is 5.92 Å². The van der Waals surface area contributed by atoms with E-state index in [0.29, 0.717) is 18.6 Å². The summed E-state index contributed by atoms with van der Waals surface area (Å²) in [6, 6.07) is 0. The molecule has 80 valence electrons. The topological polar surface area (TPSA) is 35.2 Å². The first-order valence-electron chi connectivity index (χ1n) is 5.31. The van der Waals surface area contributed by atoms with E-state index < -0.39 is 0 Å². The van der Waals surface area contributed by atoms with E-state index in [-0.39, 0.29) is 5.60 Å². The summed E-state index contributed by atoms with van der Waals surface area (Å²) in [5.74, 6) is 0.689. The lowest BCUT2D eigenvalue weighted by Gasteiger charge is -2.31. The van der Waals surface area contributed by atoms with Crippen molar-refractivity contribution in [2.24, 2.45) is 11.7 Å². The summed E-state index contributed by atoms with van der Waals surface area (Å²) in [6.07, 6.45) is 2.40. The Labute approximate surface area is 82.8 Å². The molecule has 0 radical (unpaired) electrons. The quantitative estimate of drug-likeness (QED) is 0.693. The van der Waals surface area contributed by atoms with E-state index in [4.69, 9.17) is 10.5 Å². The molecule has 0 aromatic carbocycles. The number of nitrogens with two attached hydrogens (primary N) is 1. The number of hydrogen-bond acceptors (Lipinski definition) is 2. The summed E-state index contributed by atoms with van der Waals surface area (Å²) in [6.45, 7) is 11.4. The summed E-state index contributed by atoms with van der Waals surface area (Å²) in [5, 5.41) is 0. The van der Waals surface area contributed by atoms with Crippen LogP contribution in [0.25, 0.3) is 0 Å². The molecule has 0 bridgehead atoms. The van der Waals surface area contributed by atoms with Gasteiger partial charge in [-0.1, -0.05) is 20.8 Å². The maximum absolute atomic E-state index is 5.92. The SMILES string of the molecule is CCC(C)(CN)OC(C)CC(C)C. The van der Waals surface area contributed by atoms with Gasteiger partial charge in [0.1, 0.15) is 0 Å². The zero-order valence-electron chi connectivity index (χ0n) is 9.76. The predicted molar refractivity (Wildman–Crippen MR) is 57.8 cm³/mol. The summed E-state index contributed by atoms with van der Waals surface area (Å²) < 4.78 is 5.92. The van der Waals surface area contributed by atoms with Crippen molar-refractivity contribution in [1.29, 1.82) is 0 Å². The minimum Gasteiger partial charge on any atom is -0.371 e. The van der Waals surface area contributed by atoms with E-state index in [9.17, 15) is 0 Å². The van der Waals surface area contributed by atoms with Crippen LogP contribution in [-0.2, 0) is 4.74 Å². The van der Waals surface area contributed by atoms with E-state index in [2.05, 4.69) is 34.6 Å². The molecule has 0 saturated heterocycles. The van der Waals surface area contributed by atoms with Gasteiger partial charge in [-0.3, -0.25) is 0 Å². The molecule has 2 atom stereocenters. The molecule has 2 heteroatoms. The minimum atomic E-state index is -0.131. The summed E-state index contributed by atoms with van der Waals surface area (Å²) in [7, 11) is 0. The Morgan fingerprint density at radius 1 is 1.31 bits per heavy atom. The maximum atomic E-state index is 5.92. The molecule has 2 unspecified atom stereocenters. The standard InChI is InChI=1S/C11H25NO/c1-6-11(5,8-12)13-10(4)7-9(2)3/h9-10H,6-8,12H2,1-5H3. The van der Waals surface area contributed by atoms with Crippen LogP contribution in [0.5, 0.6) is 0 Å². The van der Waals surface area contributed by atoms with E-state index in [1.807, 2.05) is 0 Å². The second kappa shape index (κ2) is 5.61. The third-order valence-corrected chi connectivity index (χ3v) is 2.47. The van der Waals surface area contributed by atoms with Crippen molar-refractivity contribution in [3.05, 3.63) is 0 Å². The highest BCUT2D eigenvalue weighted by Gasteiger charge is 2.23. The van der Waals surface area contributed by atoms with Gasteiger partial charge in [0.2, 0.25) is 0 Å². The van der Waals surface area contributed by atoms with Gasteiger partial charge in [0.15, 0.2) is 0 Å². The highest BCUT2D eigenvalue weighted by atomic mass is 16.5. The average Bonchev–Trinajstić information content (AvgIpc) is 2.02. The van der Waals surface area contributed by atoms with Gasteiger partial charge in [-0.2, -0.15) is 0 Å². The van der Waals surface area contributed by atoms with Gasteiger partial charge in [0.25, 0.3) is 0 Å². The van der Waals surface area contributed by atoms with Gasteiger partial charge in [-0.25, -0.2) is 0 Å². The first-order valence-corrected chi connectivity index (χ1v) is 5.31.